The van der Waals surface area contributed by atoms with Crippen molar-refractivity contribution in [2.24, 2.45) is 0 Å². The third kappa shape index (κ3) is 3.40. The van der Waals surface area contributed by atoms with Gasteiger partial charge in [-0.05, 0) is 19.1 Å². The zero-order valence-corrected chi connectivity index (χ0v) is 13.2. The Morgan fingerprint density at radius 2 is 2.38 bits per heavy atom. The molecule has 21 heavy (non-hydrogen) atoms. The van der Waals surface area contributed by atoms with Crippen molar-refractivity contribution in [3.63, 3.8) is 0 Å². The number of aromatic nitrogens is 2. The number of anilines is 1. The molecule has 0 amide bonds. The Morgan fingerprint density at radius 3 is 3.14 bits per heavy atom. The Hall–Kier alpha value is -1.50. The van der Waals surface area contributed by atoms with Crippen molar-refractivity contribution >= 4 is 17.2 Å². The summed E-state index contributed by atoms with van der Waals surface area (Å²) in [7, 11) is 1.88. The lowest BCUT2D eigenvalue weighted by atomic mass is 10.2. The maximum Gasteiger partial charge on any atom is 0.126 e. The van der Waals surface area contributed by atoms with E-state index in [-0.39, 0.29) is 6.10 Å². The average molecular weight is 304 g/mol. The molecule has 0 radical (unpaired) electrons. The maximum absolute atomic E-state index is 5.90. The Kier molecular flexibility index (Phi) is 4.48. The molecule has 3 rings (SSSR count). The highest BCUT2D eigenvalue weighted by atomic mass is 32.1. The molecule has 2 aromatic heterocycles. The van der Waals surface area contributed by atoms with Gasteiger partial charge in [-0.3, -0.25) is 4.90 Å². The fourth-order valence-electron chi connectivity index (χ4n) is 2.48. The predicted octanol–water partition coefficient (Wildman–Crippen LogP) is 2.46. The first-order valence-electron chi connectivity index (χ1n) is 7.14. The predicted molar refractivity (Wildman–Crippen MR) is 84.6 cm³/mol. The largest absolute Gasteiger partial charge is 0.373 e. The summed E-state index contributed by atoms with van der Waals surface area (Å²) in [4.78, 5) is 12.7. The molecule has 0 unspecified atom stereocenters. The molecular formula is C15H20N4OS. The zero-order valence-electron chi connectivity index (χ0n) is 12.4. The highest BCUT2D eigenvalue weighted by Gasteiger charge is 2.24. The van der Waals surface area contributed by atoms with Crippen LogP contribution in [-0.2, 0) is 11.3 Å². The number of rotatable bonds is 4. The lowest BCUT2D eigenvalue weighted by Gasteiger charge is -2.32. The van der Waals surface area contributed by atoms with E-state index in [9.17, 15) is 0 Å². The molecule has 3 heterocycles. The topological polar surface area (TPSA) is 50.3 Å². The number of nitrogens with one attached hydrogen (secondary N) is 1. The quantitative estimate of drug-likeness (QED) is 0.940. The van der Waals surface area contributed by atoms with Gasteiger partial charge in [0.15, 0.2) is 0 Å². The molecule has 1 N–H and O–H groups in total. The Bertz CT molecular complexity index is 601. The monoisotopic (exact) mass is 304 g/mol. The molecular weight excluding hydrogens is 284 g/mol. The van der Waals surface area contributed by atoms with Gasteiger partial charge in [0.25, 0.3) is 0 Å². The number of thiazole rings is 1. The van der Waals surface area contributed by atoms with Gasteiger partial charge in [0.1, 0.15) is 11.9 Å². The third-order valence-electron chi connectivity index (χ3n) is 3.72. The zero-order chi connectivity index (χ0) is 14.7. The minimum Gasteiger partial charge on any atom is -0.373 e. The molecule has 1 atom stereocenters. The summed E-state index contributed by atoms with van der Waals surface area (Å²) in [5.74, 6) is 0.881. The molecule has 0 aliphatic carbocycles. The van der Waals surface area contributed by atoms with Crippen LogP contribution in [0.4, 0.5) is 5.82 Å². The second-order valence-electron chi connectivity index (χ2n) is 5.15. The number of morpholine rings is 1. The minimum absolute atomic E-state index is 0.0419. The fraction of sp³-hybridized carbons (Fsp3) is 0.467. The van der Waals surface area contributed by atoms with Crippen LogP contribution in [0.3, 0.4) is 0 Å². The van der Waals surface area contributed by atoms with Crippen molar-refractivity contribution < 1.29 is 4.74 Å². The lowest BCUT2D eigenvalue weighted by molar-refractivity contribution is -0.0346. The minimum atomic E-state index is 0.0419. The molecule has 2 aromatic rings. The van der Waals surface area contributed by atoms with Gasteiger partial charge in [0, 0.05) is 31.6 Å². The van der Waals surface area contributed by atoms with Gasteiger partial charge in [-0.15, -0.1) is 11.3 Å². The van der Waals surface area contributed by atoms with E-state index in [0.29, 0.717) is 0 Å². The van der Waals surface area contributed by atoms with Crippen molar-refractivity contribution in [1.82, 2.24) is 14.9 Å². The van der Waals surface area contributed by atoms with Crippen molar-refractivity contribution in [1.29, 1.82) is 0 Å². The lowest BCUT2D eigenvalue weighted by Crippen LogP contribution is -2.38. The van der Waals surface area contributed by atoms with Gasteiger partial charge in [-0.25, -0.2) is 9.97 Å². The summed E-state index contributed by atoms with van der Waals surface area (Å²) < 4.78 is 5.90. The van der Waals surface area contributed by atoms with Gasteiger partial charge in [0.2, 0.25) is 0 Å². The fourth-order valence-corrected chi connectivity index (χ4v) is 3.29. The van der Waals surface area contributed by atoms with Gasteiger partial charge in [-0.1, -0.05) is 6.07 Å². The Morgan fingerprint density at radius 1 is 1.48 bits per heavy atom. The summed E-state index contributed by atoms with van der Waals surface area (Å²) in [6.45, 7) is 5.59. The van der Waals surface area contributed by atoms with Crippen LogP contribution in [0.25, 0.3) is 0 Å². The second-order valence-corrected chi connectivity index (χ2v) is 6.09. The highest BCUT2D eigenvalue weighted by molar-refractivity contribution is 7.09. The smallest absolute Gasteiger partial charge is 0.126 e. The van der Waals surface area contributed by atoms with Crippen LogP contribution in [0.1, 0.15) is 22.4 Å². The standard InChI is InChI=1S/C15H20N4OS/c1-11-14(21-10-17-11)9-19-6-7-20-13(8-19)12-4-3-5-15(16-2)18-12/h3-5,10,13H,6-9H2,1-2H3,(H,16,18)/t13-/m0/s1. The van der Waals surface area contributed by atoms with E-state index in [1.165, 1.54) is 4.88 Å². The second kappa shape index (κ2) is 6.51. The molecule has 0 bridgehead atoms. The number of ether oxygens (including phenoxy) is 1. The van der Waals surface area contributed by atoms with E-state index in [4.69, 9.17) is 4.74 Å². The average Bonchev–Trinajstić information content (AvgIpc) is 2.93. The van der Waals surface area contributed by atoms with Crippen molar-refractivity contribution in [3.8, 4) is 0 Å². The van der Waals surface area contributed by atoms with E-state index in [0.717, 1.165) is 43.4 Å². The molecule has 1 aliphatic heterocycles. The number of aryl methyl sites for hydroxylation is 1. The number of hydrogen-bond acceptors (Lipinski definition) is 6. The van der Waals surface area contributed by atoms with E-state index < -0.39 is 0 Å². The number of nitrogens with zero attached hydrogens (tertiary/aromatic N) is 3. The Balaban J connectivity index is 1.69. The van der Waals surface area contributed by atoms with Crippen LogP contribution in [-0.4, -0.2) is 41.6 Å². The SMILES string of the molecule is CNc1cccc([C@@H]2CN(Cc3scnc3C)CCO2)n1. The maximum atomic E-state index is 5.90. The van der Waals surface area contributed by atoms with Crippen LogP contribution in [0.5, 0.6) is 0 Å². The van der Waals surface area contributed by atoms with Crippen molar-refractivity contribution in [2.45, 2.75) is 19.6 Å². The van der Waals surface area contributed by atoms with E-state index in [1.54, 1.807) is 11.3 Å². The van der Waals surface area contributed by atoms with E-state index >= 15 is 0 Å². The van der Waals surface area contributed by atoms with Crippen LogP contribution in [0.15, 0.2) is 23.7 Å². The van der Waals surface area contributed by atoms with E-state index in [2.05, 4.69) is 27.1 Å². The summed E-state index contributed by atoms with van der Waals surface area (Å²) in [6, 6.07) is 6.02. The van der Waals surface area contributed by atoms with Gasteiger partial charge < -0.3 is 10.1 Å². The summed E-state index contributed by atoms with van der Waals surface area (Å²) in [6.07, 6.45) is 0.0419. The van der Waals surface area contributed by atoms with Crippen LogP contribution < -0.4 is 5.32 Å². The molecule has 1 aliphatic rings. The summed E-state index contributed by atoms with van der Waals surface area (Å²) in [5, 5.41) is 3.07. The molecule has 0 aromatic carbocycles. The summed E-state index contributed by atoms with van der Waals surface area (Å²) >= 11 is 1.73. The molecule has 1 saturated heterocycles. The van der Waals surface area contributed by atoms with Crippen LogP contribution >= 0.6 is 11.3 Å². The molecule has 0 spiro atoms. The van der Waals surface area contributed by atoms with Gasteiger partial charge in [-0.2, -0.15) is 0 Å². The highest BCUT2D eigenvalue weighted by Crippen LogP contribution is 2.24. The normalized spacial score (nSPS) is 19.6. The van der Waals surface area contributed by atoms with Crippen molar-refractivity contribution in [3.05, 3.63) is 40.0 Å². The van der Waals surface area contributed by atoms with Crippen LogP contribution in [0, 0.1) is 6.92 Å². The number of pyridine rings is 1. The number of hydrogen-bond donors (Lipinski definition) is 1. The Labute approximate surface area is 129 Å². The molecule has 5 nitrogen and oxygen atoms in total. The molecule has 112 valence electrons. The molecule has 1 fully saturated rings. The molecule has 6 heteroatoms. The van der Waals surface area contributed by atoms with Crippen molar-refractivity contribution in [2.75, 3.05) is 32.1 Å². The molecule has 0 saturated carbocycles. The van der Waals surface area contributed by atoms with Gasteiger partial charge in [0.05, 0.1) is 23.5 Å². The van der Waals surface area contributed by atoms with E-state index in [1.807, 2.05) is 30.8 Å². The summed E-state index contributed by atoms with van der Waals surface area (Å²) in [5.41, 5.74) is 4.05. The van der Waals surface area contributed by atoms with Gasteiger partial charge >= 0.3 is 0 Å². The first kappa shape index (κ1) is 14.4. The van der Waals surface area contributed by atoms with Crippen LogP contribution in [0.2, 0.25) is 0 Å². The first-order valence-corrected chi connectivity index (χ1v) is 8.02. The first-order chi connectivity index (χ1) is 10.3. The third-order valence-corrected chi connectivity index (χ3v) is 4.64.